The van der Waals surface area contributed by atoms with Gasteiger partial charge in [-0.05, 0) is 43.2 Å². The molecule has 0 saturated heterocycles. The van der Waals surface area contributed by atoms with Gasteiger partial charge in [-0.1, -0.05) is 0 Å². The molecule has 0 fully saturated rings. The van der Waals surface area contributed by atoms with Gasteiger partial charge in [0.2, 0.25) is 0 Å². The molecule has 0 aliphatic carbocycles. The Morgan fingerprint density at radius 2 is 2.15 bits per heavy atom. The zero-order valence-corrected chi connectivity index (χ0v) is 11.7. The van der Waals surface area contributed by atoms with E-state index in [-0.39, 0.29) is 5.82 Å². The number of halogens is 1. The lowest BCUT2D eigenvalue weighted by molar-refractivity contribution is 0.626. The number of hydrogen-bond acceptors (Lipinski definition) is 4. The molecule has 3 heterocycles. The Bertz CT molecular complexity index is 812. The average Bonchev–Trinajstić information content (AvgIpc) is 2.99. The van der Waals surface area contributed by atoms with Crippen LogP contribution in [0.25, 0.3) is 10.2 Å². The molecule has 0 saturated carbocycles. The second-order valence-corrected chi connectivity index (χ2v) is 6.18. The van der Waals surface area contributed by atoms with Crippen LogP contribution in [-0.2, 0) is 6.42 Å². The molecule has 20 heavy (non-hydrogen) atoms. The number of aryl methyl sites for hydroxylation is 1. The van der Waals surface area contributed by atoms with Crippen LogP contribution < -0.4 is 4.90 Å². The summed E-state index contributed by atoms with van der Waals surface area (Å²) in [6, 6.07) is 7.09. The molecule has 1 aliphatic heterocycles. The molecule has 0 amide bonds. The first kappa shape index (κ1) is 11.8. The van der Waals surface area contributed by atoms with Crippen LogP contribution in [0.5, 0.6) is 0 Å². The van der Waals surface area contributed by atoms with Crippen molar-refractivity contribution in [2.45, 2.75) is 13.3 Å². The van der Waals surface area contributed by atoms with Gasteiger partial charge >= 0.3 is 0 Å². The first-order valence-corrected chi connectivity index (χ1v) is 7.31. The van der Waals surface area contributed by atoms with Gasteiger partial charge in [0.25, 0.3) is 0 Å². The van der Waals surface area contributed by atoms with Crippen molar-refractivity contribution in [3.8, 4) is 0 Å². The largest absolute Gasteiger partial charge is 0.325 e. The second kappa shape index (κ2) is 4.24. The number of thiophene rings is 1. The third kappa shape index (κ3) is 1.70. The number of fused-ring (bicyclic) bond motifs is 2. The number of benzene rings is 1. The van der Waals surface area contributed by atoms with Gasteiger partial charge in [0, 0.05) is 17.1 Å². The Morgan fingerprint density at radius 3 is 3.05 bits per heavy atom. The summed E-state index contributed by atoms with van der Waals surface area (Å²) in [5.41, 5.74) is 2.10. The quantitative estimate of drug-likeness (QED) is 0.680. The lowest BCUT2D eigenvalue weighted by atomic mass is 10.1. The lowest BCUT2D eigenvalue weighted by Crippen LogP contribution is -2.15. The summed E-state index contributed by atoms with van der Waals surface area (Å²) in [4.78, 5) is 13.2. The van der Waals surface area contributed by atoms with E-state index >= 15 is 0 Å². The second-order valence-electron chi connectivity index (χ2n) is 4.95. The van der Waals surface area contributed by atoms with Gasteiger partial charge in [-0.2, -0.15) is 0 Å². The summed E-state index contributed by atoms with van der Waals surface area (Å²) in [6.45, 7) is 2.91. The van der Waals surface area contributed by atoms with Gasteiger partial charge in [-0.25, -0.2) is 14.4 Å². The number of aromatic nitrogens is 2. The molecule has 1 aromatic carbocycles. The minimum atomic E-state index is -0.176. The number of rotatable bonds is 1. The Labute approximate surface area is 119 Å². The topological polar surface area (TPSA) is 29.0 Å². The summed E-state index contributed by atoms with van der Waals surface area (Å²) in [5.74, 6) is 0.745. The Balaban J connectivity index is 1.90. The van der Waals surface area contributed by atoms with Crippen LogP contribution in [0.2, 0.25) is 0 Å². The van der Waals surface area contributed by atoms with Gasteiger partial charge in [-0.3, -0.25) is 0 Å². The maximum Gasteiger partial charge on any atom is 0.145 e. The summed E-state index contributed by atoms with van der Waals surface area (Å²) >= 11 is 1.67. The monoisotopic (exact) mass is 285 g/mol. The van der Waals surface area contributed by atoms with Crippen LogP contribution in [0.15, 0.2) is 30.6 Å². The van der Waals surface area contributed by atoms with Crippen molar-refractivity contribution in [2.75, 3.05) is 11.4 Å². The molecule has 3 aromatic rings. The van der Waals surface area contributed by atoms with Crippen molar-refractivity contribution in [1.82, 2.24) is 9.97 Å². The molecule has 2 aromatic heterocycles. The van der Waals surface area contributed by atoms with Crippen LogP contribution in [0, 0.1) is 12.7 Å². The third-order valence-corrected chi connectivity index (χ3v) is 4.58. The van der Waals surface area contributed by atoms with E-state index in [4.69, 9.17) is 0 Å². The van der Waals surface area contributed by atoms with E-state index in [2.05, 4.69) is 27.9 Å². The van der Waals surface area contributed by atoms with Crippen molar-refractivity contribution >= 4 is 33.1 Å². The molecule has 0 radical (unpaired) electrons. The van der Waals surface area contributed by atoms with Crippen LogP contribution in [0.4, 0.5) is 15.9 Å². The minimum Gasteiger partial charge on any atom is -0.325 e. The fourth-order valence-corrected chi connectivity index (χ4v) is 3.61. The predicted octanol–water partition coefficient (Wildman–Crippen LogP) is 3.83. The molecule has 0 spiro atoms. The highest BCUT2D eigenvalue weighted by molar-refractivity contribution is 7.18. The summed E-state index contributed by atoms with van der Waals surface area (Å²) < 4.78 is 13.3. The zero-order chi connectivity index (χ0) is 13.7. The van der Waals surface area contributed by atoms with Gasteiger partial charge in [0.15, 0.2) is 0 Å². The van der Waals surface area contributed by atoms with E-state index < -0.39 is 0 Å². The molecule has 0 bridgehead atoms. The number of hydrogen-bond donors (Lipinski definition) is 0. The van der Waals surface area contributed by atoms with Crippen LogP contribution in [0.3, 0.4) is 0 Å². The maximum absolute atomic E-state index is 13.3. The zero-order valence-electron chi connectivity index (χ0n) is 10.9. The molecule has 1 aliphatic rings. The molecular weight excluding hydrogens is 273 g/mol. The van der Waals surface area contributed by atoms with E-state index in [1.165, 1.54) is 10.9 Å². The van der Waals surface area contributed by atoms with E-state index in [0.717, 1.165) is 40.3 Å². The minimum absolute atomic E-state index is 0.176. The van der Waals surface area contributed by atoms with Gasteiger partial charge < -0.3 is 4.90 Å². The van der Waals surface area contributed by atoms with Crippen molar-refractivity contribution in [1.29, 1.82) is 0 Å². The molecule has 100 valence electrons. The number of anilines is 2. The maximum atomic E-state index is 13.3. The fraction of sp³-hybridized carbons (Fsp3) is 0.200. The molecular formula is C15H12FN3S. The molecule has 5 heteroatoms. The molecule has 3 nitrogen and oxygen atoms in total. The standard InChI is InChI=1S/C15H12FN3S/c1-9-6-12-14(17-8-18-15(12)20-9)19-5-4-10-7-11(16)2-3-13(10)19/h2-3,6-8H,4-5H2,1H3. The highest BCUT2D eigenvalue weighted by Gasteiger charge is 2.23. The first-order valence-electron chi connectivity index (χ1n) is 6.49. The fourth-order valence-electron chi connectivity index (χ4n) is 2.77. The van der Waals surface area contributed by atoms with Crippen LogP contribution in [0.1, 0.15) is 10.4 Å². The molecule has 0 unspecified atom stereocenters. The van der Waals surface area contributed by atoms with Crippen LogP contribution in [-0.4, -0.2) is 16.5 Å². The Hall–Kier alpha value is -2.01. The van der Waals surface area contributed by atoms with Crippen molar-refractivity contribution < 1.29 is 4.39 Å². The Morgan fingerprint density at radius 1 is 1.25 bits per heavy atom. The Kier molecular flexibility index (Phi) is 2.50. The van der Waals surface area contributed by atoms with Gasteiger partial charge in [0.1, 0.15) is 22.8 Å². The van der Waals surface area contributed by atoms with E-state index in [0.29, 0.717) is 0 Å². The van der Waals surface area contributed by atoms with Crippen molar-refractivity contribution in [2.24, 2.45) is 0 Å². The van der Waals surface area contributed by atoms with E-state index in [1.807, 2.05) is 6.07 Å². The lowest BCUT2D eigenvalue weighted by Gasteiger charge is -2.18. The van der Waals surface area contributed by atoms with Gasteiger partial charge in [-0.15, -0.1) is 11.3 Å². The predicted molar refractivity (Wildman–Crippen MR) is 79.3 cm³/mol. The smallest absolute Gasteiger partial charge is 0.145 e. The van der Waals surface area contributed by atoms with Crippen molar-refractivity contribution in [3.05, 3.63) is 46.9 Å². The summed E-state index contributed by atoms with van der Waals surface area (Å²) in [5, 5.41) is 1.08. The third-order valence-electron chi connectivity index (χ3n) is 3.62. The average molecular weight is 285 g/mol. The van der Waals surface area contributed by atoms with Gasteiger partial charge in [0.05, 0.1) is 5.39 Å². The summed E-state index contributed by atoms with van der Waals surface area (Å²) in [7, 11) is 0. The summed E-state index contributed by atoms with van der Waals surface area (Å²) in [6.07, 6.45) is 2.46. The molecule has 0 atom stereocenters. The van der Waals surface area contributed by atoms with E-state index in [9.17, 15) is 4.39 Å². The van der Waals surface area contributed by atoms with Crippen LogP contribution >= 0.6 is 11.3 Å². The normalized spacial score (nSPS) is 14.0. The van der Waals surface area contributed by atoms with E-state index in [1.54, 1.807) is 23.7 Å². The molecule has 4 rings (SSSR count). The number of nitrogens with zero attached hydrogens (tertiary/aromatic N) is 3. The molecule has 0 N–H and O–H groups in total. The highest BCUT2D eigenvalue weighted by atomic mass is 32.1. The first-order chi connectivity index (χ1) is 9.72. The highest BCUT2D eigenvalue weighted by Crippen LogP contribution is 2.38. The van der Waals surface area contributed by atoms with Crippen molar-refractivity contribution in [3.63, 3.8) is 0 Å². The SMILES string of the molecule is Cc1cc2c(N3CCc4cc(F)ccc43)ncnc2s1.